The van der Waals surface area contributed by atoms with Crippen molar-refractivity contribution >= 4 is 11.6 Å². The van der Waals surface area contributed by atoms with Crippen LogP contribution in [0.2, 0.25) is 5.02 Å². The summed E-state index contributed by atoms with van der Waals surface area (Å²) in [5.41, 5.74) is 6.07. The molecular weight excluding hydrogens is 294 g/mol. The minimum Gasteiger partial charge on any atom is -0.324 e. The minimum atomic E-state index is -1.56. The quantitative estimate of drug-likeness (QED) is 0.669. The summed E-state index contributed by atoms with van der Waals surface area (Å²) in [5, 5.41) is 0.235. The zero-order chi connectivity index (χ0) is 14.9. The van der Waals surface area contributed by atoms with Crippen molar-refractivity contribution in [1.29, 1.82) is 0 Å². The Morgan fingerprint density at radius 3 is 2.10 bits per heavy atom. The Kier molecular flexibility index (Phi) is 4.30. The summed E-state index contributed by atoms with van der Waals surface area (Å²) in [6.07, 6.45) is 0.00745. The van der Waals surface area contributed by atoms with Crippen LogP contribution in [0.1, 0.15) is 17.2 Å². The van der Waals surface area contributed by atoms with E-state index in [1.807, 2.05) is 0 Å². The lowest BCUT2D eigenvalue weighted by Gasteiger charge is -2.13. The number of hydrogen-bond donors (Lipinski definition) is 1. The molecule has 20 heavy (non-hydrogen) atoms. The van der Waals surface area contributed by atoms with E-state index in [0.29, 0.717) is 0 Å². The molecule has 2 aromatic carbocycles. The monoisotopic (exact) mass is 303 g/mol. The summed E-state index contributed by atoms with van der Waals surface area (Å²) < 4.78 is 52.7. The van der Waals surface area contributed by atoms with Gasteiger partial charge in [0.25, 0.3) is 0 Å². The van der Waals surface area contributed by atoms with E-state index in [4.69, 9.17) is 17.3 Å². The fraction of sp³-hybridized carbons (Fsp3) is 0.143. The number of hydrogen-bond acceptors (Lipinski definition) is 1. The van der Waals surface area contributed by atoms with E-state index in [1.165, 1.54) is 12.1 Å². The zero-order valence-electron chi connectivity index (χ0n) is 10.1. The van der Waals surface area contributed by atoms with Gasteiger partial charge in [0.15, 0.2) is 17.5 Å². The van der Waals surface area contributed by atoms with Crippen LogP contribution in [0, 0.1) is 23.3 Å². The molecule has 1 atom stereocenters. The van der Waals surface area contributed by atoms with Gasteiger partial charge >= 0.3 is 0 Å². The van der Waals surface area contributed by atoms with Gasteiger partial charge in [-0.15, -0.1) is 0 Å². The Labute approximate surface area is 118 Å². The van der Waals surface area contributed by atoms with E-state index in [9.17, 15) is 17.6 Å². The van der Waals surface area contributed by atoms with Crippen LogP contribution in [0.3, 0.4) is 0 Å². The molecule has 0 bridgehead atoms. The summed E-state index contributed by atoms with van der Waals surface area (Å²) in [4.78, 5) is 0. The fourth-order valence-corrected chi connectivity index (χ4v) is 1.99. The van der Waals surface area contributed by atoms with Crippen molar-refractivity contribution in [2.45, 2.75) is 12.5 Å². The van der Waals surface area contributed by atoms with Gasteiger partial charge < -0.3 is 5.73 Å². The smallest absolute Gasteiger partial charge is 0.194 e. The molecule has 1 unspecified atom stereocenters. The normalized spacial score (nSPS) is 12.5. The average Bonchev–Trinajstić information content (AvgIpc) is 2.38. The van der Waals surface area contributed by atoms with E-state index in [0.717, 1.165) is 18.2 Å². The molecule has 0 heterocycles. The average molecular weight is 304 g/mol. The SMILES string of the molecule is NC(Cc1ccc(Cl)cc1F)c1cc(F)c(F)c(F)c1. The van der Waals surface area contributed by atoms with Gasteiger partial charge in [0, 0.05) is 11.1 Å². The third-order valence-electron chi connectivity index (χ3n) is 2.89. The molecule has 0 fully saturated rings. The largest absolute Gasteiger partial charge is 0.324 e. The molecule has 0 amide bonds. The van der Waals surface area contributed by atoms with Gasteiger partial charge in [0.2, 0.25) is 0 Å². The lowest BCUT2D eigenvalue weighted by molar-refractivity contribution is 0.443. The lowest BCUT2D eigenvalue weighted by atomic mass is 9.99. The molecule has 0 aliphatic rings. The highest BCUT2D eigenvalue weighted by atomic mass is 35.5. The van der Waals surface area contributed by atoms with Crippen LogP contribution in [0.5, 0.6) is 0 Å². The van der Waals surface area contributed by atoms with Crippen molar-refractivity contribution in [2.24, 2.45) is 5.73 Å². The van der Waals surface area contributed by atoms with Crippen LogP contribution in [0.25, 0.3) is 0 Å². The third kappa shape index (κ3) is 3.11. The molecule has 2 aromatic rings. The fourth-order valence-electron chi connectivity index (χ4n) is 1.83. The van der Waals surface area contributed by atoms with Gasteiger partial charge in [-0.3, -0.25) is 0 Å². The second-order valence-corrected chi connectivity index (χ2v) is 4.78. The van der Waals surface area contributed by atoms with Crippen LogP contribution >= 0.6 is 11.6 Å². The molecule has 2 rings (SSSR count). The number of benzene rings is 2. The summed E-state index contributed by atoms with van der Waals surface area (Å²) in [7, 11) is 0. The summed E-state index contributed by atoms with van der Waals surface area (Å²) >= 11 is 5.62. The molecular formula is C14H10ClF4N. The van der Waals surface area contributed by atoms with Gasteiger partial charge in [0.05, 0.1) is 0 Å². The van der Waals surface area contributed by atoms with Gasteiger partial charge in [0.1, 0.15) is 5.82 Å². The molecule has 0 spiro atoms. The van der Waals surface area contributed by atoms with Crippen molar-refractivity contribution in [3.63, 3.8) is 0 Å². The first-order valence-corrected chi connectivity index (χ1v) is 6.10. The summed E-state index contributed by atoms with van der Waals surface area (Å²) in [5.74, 6) is -4.77. The Morgan fingerprint density at radius 2 is 1.55 bits per heavy atom. The highest BCUT2D eigenvalue weighted by molar-refractivity contribution is 6.30. The summed E-state index contributed by atoms with van der Waals surface area (Å²) in [6.45, 7) is 0. The standard InChI is InChI=1S/C14H10ClF4N/c15-9-2-1-7(10(16)6-9)5-13(20)8-3-11(17)14(19)12(18)4-8/h1-4,6,13H,5,20H2. The number of nitrogens with two attached hydrogens (primary N) is 1. The maximum Gasteiger partial charge on any atom is 0.194 e. The molecule has 0 saturated heterocycles. The second kappa shape index (κ2) is 5.81. The highest BCUT2D eigenvalue weighted by Gasteiger charge is 2.16. The van der Waals surface area contributed by atoms with E-state index in [-0.39, 0.29) is 22.6 Å². The first-order valence-electron chi connectivity index (χ1n) is 5.72. The maximum atomic E-state index is 13.6. The van der Waals surface area contributed by atoms with Gasteiger partial charge in [-0.2, -0.15) is 0 Å². The van der Waals surface area contributed by atoms with Crippen molar-refractivity contribution in [3.05, 3.63) is 69.8 Å². The molecule has 0 saturated carbocycles. The molecule has 0 aromatic heterocycles. The predicted octanol–water partition coefficient (Wildman–Crippen LogP) is 4.14. The van der Waals surface area contributed by atoms with Crippen LogP contribution in [-0.2, 0) is 6.42 Å². The number of rotatable bonds is 3. The summed E-state index contributed by atoms with van der Waals surface area (Å²) in [6, 6.07) is 4.78. The Balaban J connectivity index is 2.26. The van der Waals surface area contributed by atoms with Crippen molar-refractivity contribution in [3.8, 4) is 0 Å². The maximum absolute atomic E-state index is 13.6. The molecule has 0 aliphatic heterocycles. The number of halogens is 5. The Hall–Kier alpha value is -1.59. The Bertz CT molecular complexity index is 622. The van der Waals surface area contributed by atoms with E-state index in [2.05, 4.69) is 0 Å². The Morgan fingerprint density at radius 1 is 0.950 bits per heavy atom. The van der Waals surface area contributed by atoms with Crippen LogP contribution in [0.4, 0.5) is 17.6 Å². The van der Waals surface area contributed by atoms with E-state index < -0.39 is 29.3 Å². The van der Waals surface area contributed by atoms with Crippen molar-refractivity contribution in [1.82, 2.24) is 0 Å². The molecule has 0 radical (unpaired) electrons. The highest BCUT2D eigenvalue weighted by Crippen LogP contribution is 2.23. The molecule has 106 valence electrons. The first kappa shape index (κ1) is 14.8. The van der Waals surface area contributed by atoms with Crippen LogP contribution in [0.15, 0.2) is 30.3 Å². The topological polar surface area (TPSA) is 26.0 Å². The van der Waals surface area contributed by atoms with Gasteiger partial charge in [-0.05, 0) is 41.8 Å². The van der Waals surface area contributed by atoms with Crippen molar-refractivity contribution < 1.29 is 17.6 Å². The van der Waals surface area contributed by atoms with Gasteiger partial charge in [-0.1, -0.05) is 17.7 Å². The molecule has 0 aliphatic carbocycles. The first-order chi connectivity index (χ1) is 9.38. The molecule has 1 nitrogen and oxygen atoms in total. The van der Waals surface area contributed by atoms with E-state index in [1.54, 1.807) is 0 Å². The third-order valence-corrected chi connectivity index (χ3v) is 3.12. The van der Waals surface area contributed by atoms with Crippen LogP contribution < -0.4 is 5.73 Å². The van der Waals surface area contributed by atoms with Crippen LogP contribution in [-0.4, -0.2) is 0 Å². The molecule has 2 N–H and O–H groups in total. The van der Waals surface area contributed by atoms with Crippen molar-refractivity contribution in [2.75, 3.05) is 0 Å². The molecule has 6 heteroatoms. The van der Waals surface area contributed by atoms with Gasteiger partial charge in [-0.25, -0.2) is 17.6 Å². The lowest BCUT2D eigenvalue weighted by Crippen LogP contribution is -2.15. The predicted molar refractivity (Wildman–Crippen MR) is 68.4 cm³/mol. The second-order valence-electron chi connectivity index (χ2n) is 4.34. The zero-order valence-corrected chi connectivity index (χ0v) is 10.9. The van der Waals surface area contributed by atoms with E-state index >= 15 is 0 Å². The minimum absolute atomic E-state index is 0.00745.